The second kappa shape index (κ2) is 7.32. The Hall–Kier alpha value is -3.39. The molecule has 0 saturated carbocycles. The molecule has 0 atom stereocenters. The molecule has 8 heteroatoms. The highest BCUT2D eigenvalue weighted by Crippen LogP contribution is 2.33. The number of hydrogen-bond donors (Lipinski definition) is 2. The second-order valence-corrected chi connectivity index (χ2v) is 6.85. The van der Waals surface area contributed by atoms with Gasteiger partial charge in [0.1, 0.15) is 16.4 Å². The lowest BCUT2D eigenvalue weighted by Gasteiger charge is -2.10. The molecular formula is C20H15N3O4S. The number of methoxy groups -OCH3 is 1. The van der Waals surface area contributed by atoms with Crippen LogP contribution in [0.4, 0.5) is 0 Å². The molecule has 0 spiro atoms. The van der Waals surface area contributed by atoms with E-state index in [4.69, 9.17) is 14.6 Å². The number of hydrogen-bond acceptors (Lipinski definition) is 8. The van der Waals surface area contributed by atoms with E-state index in [1.54, 1.807) is 30.3 Å². The first-order valence-corrected chi connectivity index (χ1v) is 9.33. The molecule has 2 aromatic heterocycles. The molecule has 2 aromatic carbocycles. The normalized spacial score (nSPS) is 11.0. The van der Waals surface area contributed by atoms with Crippen molar-refractivity contribution in [3.63, 3.8) is 0 Å². The molecular weight excluding hydrogens is 378 g/mol. The Morgan fingerprint density at radius 3 is 2.71 bits per heavy atom. The number of fused-ring (bicyclic) bond motifs is 3. The van der Waals surface area contributed by atoms with Crippen LogP contribution in [0.3, 0.4) is 0 Å². The van der Waals surface area contributed by atoms with Gasteiger partial charge in [-0.3, -0.25) is 10.2 Å². The van der Waals surface area contributed by atoms with Crippen molar-refractivity contribution in [1.29, 1.82) is 5.41 Å². The molecule has 0 aliphatic heterocycles. The van der Waals surface area contributed by atoms with Crippen LogP contribution in [0, 0.1) is 5.41 Å². The number of phenols is 1. The number of aromatic hydroxyl groups is 1. The summed E-state index contributed by atoms with van der Waals surface area (Å²) >= 11 is 1.13. The Kier molecular flexibility index (Phi) is 4.70. The molecule has 0 unspecified atom stereocenters. The van der Waals surface area contributed by atoms with Gasteiger partial charge in [0, 0.05) is 5.39 Å². The maximum absolute atomic E-state index is 11.6. The van der Waals surface area contributed by atoms with Crippen molar-refractivity contribution >= 4 is 39.6 Å². The third-order valence-electron chi connectivity index (χ3n) is 4.16. The van der Waals surface area contributed by atoms with Crippen LogP contribution in [0.1, 0.15) is 0 Å². The van der Waals surface area contributed by atoms with Crippen molar-refractivity contribution in [2.75, 3.05) is 12.9 Å². The maximum Gasteiger partial charge on any atom is 0.316 e. The quantitative estimate of drug-likeness (QED) is 0.236. The van der Waals surface area contributed by atoms with E-state index in [2.05, 4.69) is 9.97 Å². The van der Waals surface area contributed by atoms with Crippen LogP contribution in [0.25, 0.3) is 33.3 Å². The third-order valence-corrected chi connectivity index (χ3v) is 5.11. The molecule has 0 bridgehead atoms. The lowest BCUT2D eigenvalue weighted by Crippen LogP contribution is -2.08. The predicted octanol–water partition coefficient (Wildman–Crippen LogP) is 3.49. The summed E-state index contributed by atoms with van der Waals surface area (Å²) in [5.74, 6) is -0.0459. The van der Waals surface area contributed by atoms with E-state index in [0.29, 0.717) is 38.3 Å². The topological polar surface area (TPSA) is 109 Å². The Balaban J connectivity index is 2.04. The number of thioether (sulfide) groups is 1. The lowest BCUT2D eigenvalue weighted by molar-refractivity contribution is -0.137. The zero-order valence-corrected chi connectivity index (χ0v) is 15.6. The number of ether oxygens (including phenoxy) is 1. The summed E-state index contributed by atoms with van der Waals surface area (Å²) in [5, 5.41) is 20.1. The SMILES string of the molecule is COC(=O)CSc1nc(-c2ccccc2O)nc2c1c(=N)oc1ccccc12. The Labute approximate surface area is 163 Å². The molecule has 0 amide bonds. The summed E-state index contributed by atoms with van der Waals surface area (Å²) < 4.78 is 10.3. The maximum atomic E-state index is 11.6. The summed E-state index contributed by atoms with van der Waals surface area (Å²) in [7, 11) is 1.31. The lowest BCUT2D eigenvalue weighted by atomic mass is 10.1. The number of nitrogens with one attached hydrogen (secondary N) is 1. The van der Waals surface area contributed by atoms with Crippen molar-refractivity contribution in [3.05, 3.63) is 54.1 Å². The minimum Gasteiger partial charge on any atom is -0.507 e. The van der Waals surface area contributed by atoms with E-state index in [0.717, 1.165) is 11.8 Å². The molecule has 4 aromatic rings. The average molecular weight is 393 g/mol. The average Bonchev–Trinajstić information content (AvgIpc) is 2.71. The van der Waals surface area contributed by atoms with E-state index in [-0.39, 0.29) is 17.1 Å². The first kappa shape index (κ1) is 18.0. The monoisotopic (exact) mass is 393 g/mol. The van der Waals surface area contributed by atoms with Gasteiger partial charge in [-0.05, 0) is 24.3 Å². The van der Waals surface area contributed by atoms with E-state index in [1.165, 1.54) is 7.11 Å². The zero-order valence-electron chi connectivity index (χ0n) is 14.8. The molecule has 7 nitrogen and oxygen atoms in total. The number of para-hydroxylation sites is 2. The molecule has 28 heavy (non-hydrogen) atoms. The highest BCUT2D eigenvalue weighted by molar-refractivity contribution is 8.00. The predicted molar refractivity (Wildman–Crippen MR) is 105 cm³/mol. The van der Waals surface area contributed by atoms with Crippen LogP contribution in [-0.4, -0.2) is 33.9 Å². The molecule has 2 N–H and O–H groups in total. The number of esters is 1. The van der Waals surface area contributed by atoms with Gasteiger partial charge < -0.3 is 14.3 Å². The molecule has 2 heterocycles. The van der Waals surface area contributed by atoms with Gasteiger partial charge in [-0.25, -0.2) is 9.97 Å². The smallest absolute Gasteiger partial charge is 0.316 e. The minimum absolute atomic E-state index is 0.0229. The van der Waals surface area contributed by atoms with Gasteiger partial charge in [-0.1, -0.05) is 36.0 Å². The van der Waals surface area contributed by atoms with Gasteiger partial charge >= 0.3 is 5.97 Å². The highest BCUT2D eigenvalue weighted by Gasteiger charge is 2.18. The van der Waals surface area contributed by atoms with Crippen molar-refractivity contribution in [1.82, 2.24) is 9.97 Å². The zero-order chi connectivity index (χ0) is 19.7. The number of aromatic nitrogens is 2. The van der Waals surface area contributed by atoms with Crippen molar-refractivity contribution in [2.24, 2.45) is 0 Å². The fraction of sp³-hybridized carbons (Fsp3) is 0.100. The molecule has 0 aliphatic rings. The van der Waals surface area contributed by atoms with Crippen molar-refractivity contribution < 1.29 is 19.1 Å². The summed E-state index contributed by atoms with van der Waals surface area (Å²) in [6, 6.07) is 14.0. The third kappa shape index (κ3) is 3.18. The largest absolute Gasteiger partial charge is 0.507 e. The number of nitrogens with zero attached hydrogens (tertiary/aromatic N) is 2. The van der Waals surface area contributed by atoms with E-state index in [1.807, 2.05) is 18.2 Å². The Bertz CT molecular complexity index is 1270. The van der Waals surface area contributed by atoms with Crippen molar-refractivity contribution in [2.45, 2.75) is 5.03 Å². The summed E-state index contributed by atoms with van der Waals surface area (Å²) in [6.45, 7) is 0. The van der Waals surface area contributed by atoms with Gasteiger partial charge in [0.25, 0.3) is 0 Å². The van der Waals surface area contributed by atoms with Crippen LogP contribution in [0.15, 0.2) is 58.0 Å². The number of rotatable bonds is 4. The van der Waals surface area contributed by atoms with E-state index < -0.39 is 5.97 Å². The summed E-state index contributed by atoms with van der Waals surface area (Å²) in [5.41, 5.74) is 1.41. The fourth-order valence-corrected chi connectivity index (χ4v) is 3.68. The molecule has 0 saturated heterocycles. The Morgan fingerprint density at radius 2 is 1.93 bits per heavy atom. The molecule has 0 aliphatic carbocycles. The number of phenolic OH excluding ortho intramolecular Hbond substituents is 1. The number of carbonyl (C=O) groups is 1. The number of carbonyl (C=O) groups excluding carboxylic acids is 1. The van der Waals surface area contributed by atoms with E-state index in [9.17, 15) is 9.90 Å². The first-order chi connectivity index (χ1) is 13.6. The van der Waals surface area contributed by atoms with Crippen LogP contribution >= 0.6 is 11.8 Å². The molecule has 4 rings (SSSR count). The summed E-state index contributed by atoms with van der Waals surface area (Å²) in [6.07, 6.45) is 0. The minimum atomic E-state index is -0.412. The van der Waals surface area contributed by atoms with Gasteiger partial charge in [0.2, 0.25) is 5.55 Å². The van der Waals surface area contributed by atoms with Gasteiger partial charge in [-0.2, -0.15) is 0 Å². The van der Waals surface area contributed by atoms with E-state index >= 15 is 0 Å². The molecule has 0 radical (unpaired) electrons. The van der Waals surface area contributed by atoms with Crippen molar-refractivity contribution in [3.8, 4) is 17.1 Å². The van der Waals surface area contributed by atoms with Crippen LogP contribution < -0.4 is 5.55 Å². The second-order valence-electron chi connectivity index (χ2n) is 5.89. The van der Waals surface area contributed by atoms with Gasteiger partial charge in [0.15, 0.2) is 5.82 Å². The fourth-order valence-electron chi connectivity index (χ4n) is 2.83. The summed E-state index contributed by atoms with van der Waals surface area (Å²) in [4.78, 5) is 20.8. The standard InChI is InChI=1S/C20H15N3O4S/c1-26-15(25)10-28-20-16-17(12-7-3-5-9-14(12)27-18(16)21)22-19(23-20)11-6-2-4-8-13(11)24/h2-9,21,24H,10H2,1H3. The highest BCUT2D eigenvalue weighted by atomic mass is 32.2. The van der Waals surface area contributed by atoms with Crippen LogP contribution in [0.5, 0.6) is 5.75 Å². The van der Waals surface area contributed by atoms with Crippen LogP contribution in [-0.2, 0) is 9.53 Å². The number of benzene rings is 2. The molecule has 0 fully saturated rings. The van der Waals surface area contributed by atoms with Gasteiger partial charge in [-0.15, -0.1) is 0 Å². The Morgan fingerprint density at radius 1 is 1.18 bits per heavy atom. The first-order valence-electron chi connectivity index (χ1n) is 8.34. The van der Waals surface area contributed by atoms with Crippen LogP contribution in [0.2, 0.25) is 0 Å². The molecule has 140 valence electrons. The van der Waals surface area contributed by atoms with Gasteiger partial charge in [0.05, 0.1) is 29.3 Å².